The van der Waals surface area contributed by atoms with E-state index in [-0.39, 0.29) is 0 Å². The van der Waals surface area contributed by atoms with Crippen LogP contribution in [-0.4, -0.2) is 4.98 Å². The fourth-order valence-electron chi connectivity index (χ4n) is 1.61. The van der Waals surface area contributed by atoms with Gasteiger partial charge in [0.05, 0.1) is 0 Å². The van der Waals surface area contributed by atoms with E-state index in [4.69, 9.17) is 0 Å². The van der Waals surface area contributed by atoms with Crippen molar-refractivity contribution in [2.75, 3.05) is 0 Å². The van der Waals surface area contributed by atoms with Crippen molar-refractivity contribution in [3.63, 3.8) is 0 Å². The Morgan fingerprint density at radius 2 is 1.92 bits per heavy atom. The molecule has 1 heterocycles. The Labute approximate surface area is 81.2 Å². The van der Waals surface area contributed by atoms with Gasteiger partial charge < -0.3 is 0 Å². The van der Waals surface area contributed by atoms with Crippen molar-refractivity contribution in [3.05, 3.63) is 29.6 Å². The Morgan fingerprint density at radius 3 is 2.46 bits per heavy atom. The highest BCUT2D eigenvalue weighted by Gasteiger charge is 2.07. The molecule has 0 aliphatic carbocycles. The lowest BCUT2D eigenvalue weighted by Gasteiger charge is -2.13. The summed E-state index contributed by atoms with van der Waals surface area (Å²) in [4.78, 5) is 4.18. The molecule has 0 saturated heterocycles. The number of pyridine rings is 1. The smallest absolute Gasteiger partial charge is 0.0302 e. The van der Waals surface area contributed by atoms with Gasteiger partial charge in [0.25, 0.3) is 0 Å². The number of hydrogen-bond donors (Lipinski definition) is 0. The van der Waals surface area contributed by atoms with Gasteiger partial charge in [-0.15, -0.1) is 0 Å². The van der Waals surface area contributed by atoms with Crippen LogP contribution < -0.4 is 0 Å². The van der Waals surface area contributed by atoms with Gasteiger partial charge in [0.2, 0.25) is 0 Å². The Bertz CT molecular complexity index is 264. The quantitative estimate of drug-likeness (QED) is 0.689. The van der Waals surface area contributed by atoms with E-state index < -0.39 is 0 Å². The number of aromatic nitrogens is 1. The molecule has 0 bridgehead atoms. The van der Waals surface area contributed by atoms with Gasteiger partial charge in [0.1, 0.15) is 0 Å². The first kappa shape index (κ1) is 10.2. The first-order chi connectivity index (χ1) is 6.11. The summed E-state index contributed by atoms with van der Waals surface area (Å²) >= 11 is 0. The van der Waals surface area contributed by atoms with Crippen LogP contribution in [0.15, 0.2) is 18.5 Å². The summed E-state index contributed by atoms with van der Waals surface area (Å²) in [6.45, 7) is 8.96. The molecule has 0 radical (unpaired) electrons. The predicted octanol–water partition coefficient (Wildman–Crippen LogP) is 3.40. The predicted molar refractivity (Wildman–Crippen MR) is 56.9 cm³/mol. The van der Waals surface area contributed by atoms with Crippen LogP contribution in [0.4, 0.5) is 0 Å². The standard InChI is InChI=1S/C12H19N/c1-9(2)7-11-8-13-6-5-12(11)10(3)4/h5-6,8-10H,7H2,1-4H3. The molecule has 1 nitrogen and oxygen atoms in total. The molecule has 0 atom stereocenters. The highest BCUT2D eigenvalue weighted by Crippen LogP contribution is 2.20. The van der Waals surface area contributed by atoms with E-state index in [0.717, 1.165) is 6.42 Å². The molecule has 1 aromatic heterocycles. The van der Waals surface area contributed by atoms with Gasteiger partial charge in [0, 0.05) is 12.4 Å². The molecule has 72 valence electrons. The Morgan fingerprint density at radius 1 is 1.23 bits per heavy atom. The molecular weight excluding hydrogens is 158 g/mol. The molecule has 0 amide bonds. The average Bonchev–Trinajstić information content (AvgIpc) is 2.03. The van der Waals surface area contributed by atoms with Crippen molar-refractivity contribution in [1.82, 2.24) is 4.98 Å². The van der Waals surface area contributed by atoms with Crippen LogP contribution in [0.1, 0.15) is 44.7 Å². The molecule has 0 N–H and O–H groups in total. The lowest BCUT2D eigenvalue weighted by atomic mass is 9.94. The second-order valence-electron chi connectivity index (χ2n) is 4.33. The third-order valence-electron chi connectivity index (χ3n) is 2.19. The van der Waals surface area contributed by atoms with Crippen molar-refractivity contribution in [2.24, 2.45) is 5.92 Å². The minimum absolute atomic E-state index is 0.608. The maximum Gasteiger partial charge on any atom is 0.0302 e. The Kier molecular flexibility index (Phi) is 3.47. The second kappa shape index (κ2) is 4.40. The van der Waals surface area contributed by atoms with E-state index in [0.29, 0.717) is 11.8 Å². The van der Waals surface area contributed by atoms with E-state index in [2.05, 4.69) is 38.7 Å². The zero-order chi connectivity index (χ0) is 9.84. The maximum atomic E-state index is 4.18. The van der Waals surface area contributed by atoms with Crippen LogP contribution in [0.2, 0.25) is 0 Å². The normalized spacial score (nSPS) is 11.2. The van der Waals surface area contributed by atoms with Gasteiger partial charge in [-0.1, -0.05) is 27.7 Å². The molecule has 1 rings (SSSR count). The van der Waals surface area contributed by atoms with Gasteiger partial charge in [-0.25, -0.2) is 0 Å². The molecule has 1 heteroatoms. The fourth-order valence-corrected chi connectivity index (χ4v) is 1.61. The summed E-state index contributed by atoms with van der Waals surface area (Å²) < 4.78 is 0. The monoisotopic (exact) mass is 177 g/mol. The molecule has 0 aliphatic rings. The van der Waals surface area contributed by atoms with Gasteiger partial charge in [-0.3, -0.25) is 4.98 Å². The summed E-state index contributed by atoms with van der Waals surface area (Å²) in [6, 6.07) is 2.14. The summed E-state index contributed by atoms with van der Waals surface area (Å²) in [5.74, 6) is 1.32. The van der Waals surface area contributed by atoms with Crippen molar-refractivity contribution in [1.29, 1.82) is 0 Å². The molecule has 0 spiro atoms. The SMILES string of the molecule is CC(C)Cc1cnccc1C(C)C. The van der Waals surface area contributed by atoms with Crippen LogP contribution in [-0.2, 0) is 6.42 Å². The third kappa shape index (κ3) is 2.83. The topological polar surface area (TPSA) is 12.9 Å². The van der Waals surface area contributed by atoms with Crippen molar-refractivity contribution in [2.45, 2.75) is 40.0 Å². The number of rotatable bonds is 3. The van der Waals surface area contributed by atoms with Crippen LogP contribution >= 0.6 is 0 Å². The van der Waals surface area contributed by atoms with E-state index in [9.17, 15) is 0 Å². The highest BCUT2D eigenvalue weighted by molar-refractivity contribution is 5.26. The molecule has 0 saturated carbocycles. The van der Waals surface area contributed by atoms with Crippen LogP contribution in [0.5, 0.6) is 0 Å². The van der Waals surface area contributed by atoms with Crippen LogP contribution in [0.3, 0.4) is 0 Å². The van der Waals surface area contributed by atoms with Gasteiger partial charge >= 0.3 is 0 Å². The molecule has 0 aromatic carbocycles. The highest BCUT2D eigenvalue weighted by atomic mass is 14.6. The summed E-state index contributed by atoms with van der Waals surface area (Å²) in [5.41, 5.74) is 2.86. The molecule has 1 aromatic rings. The first-order valence-electron chi connectivity index (χ1n) is 5.04. The molecule has 0 unspecified atom stereocenters. The van der Waals surface area contributed by atoms with Gasteiger partial charge in [-0.05, 0) is 35.4 Å². The molecule has 0 fully saturated rings. The van der Waals surface area contributed by atoms with Gasteiger partial charge in [0.15, 0.2) is 0 Å². The van der Waals surface area contributed by atoms with E-state index >= 15 is 0 Å². The average molecular weight is 177 g/mol. The lowest BCUT2D eigenvalue weighted by molar-refractivity contribution is 0.636. The van der Waals surface area contributed by atoms with E-state index in [1.807, 2.05) is 12.4 Å². The Balaban J connectivity index is 2.91. The van der Waals surface area contributed by atoms with Gasteiger partial charge in [-0.2, -0.15) is 0 Å². The van der Waals surface area contributed by atoms with E-state index in [1.54, 1.807) is 0 Å². The maximum absolute atomic E-state index is 4.18. The van der Waals surface area contributed by atoms with Crippen LogP contribution in [0, 0.1) is 5.92 Å². The minimum Gasteiger partial charge on any atom is -0.264 e. The summed E-state index contributed by atoms with van der Waals surface area (Å²) in [5, 5.41) is 0. The van der Waals surface area contributed by atoms with Crippen molar-refractivity contribution in [3.8, 4) is 0 Å². The lowest BCUT2D eigenvalue weighted by Crippen LogP contribution is -2.01. The third-order valence-corrected chi connectivity index (χ3v) is 2.19. The summed E-state index contributed by atoms with van der Waals surface area (Å²) in [6.07, 6.45) is 5.04. The zero-order valence-electron chi connectivity index (χ0n) is 9.04. The molecule has 0 aliphatic heterocycles. The number of nitrogens with zero attached hydrogens (tertiary/aromatic N) is 1. The van der Waals surface area contributed by atoms with E-state index in [1.165, 1.54) is 11.1 Å². The molecular formula is C12H19N. The second-order valence-corrected chi connectivity index (χ2v) is 4.33. The van der Waals surface area contributed by atoms with Crippen LogP contribution in [0.25, 0.3) is 0 Å². The zero-order valence-corrected chi connectivity index (χ0v) is 9.04. The number of hydrogen-bond acceptors (Lipinski definition) is 1. The van der Waals surface area contributed by atoms with Crippen molar-refractivity contribution >= 4 is 0 Å². The fraction of sp³-hybridized carbons (Fsp3) is 0.583. The Hall–Kier alpha value is -0.850. The largest absolute Gasteiger partial charge is 0.264 e. The first-order valence-corrected chi connectivity index (χ1v) is 5.04. The van der Waals surface area contributed by atoms with Crippen molar-refractivity contribution < 1.29 is 0 Å². The summed E-state index contributed by atoms with van der Waals surface area (Å²) in [7, 11) is 0. The minimum atomic E-state index is 0.608. The molecule has 13 heavy (non-hydrogen) atoms.